The number of hydrogen-bond acceptors (Lipinski definition) is 9. The zero-order chi connectivity index (χ0) is 42.2. The Bertz CT molecular complexity index is 1070. The fourth-order valence-corrected chi connectivity index (χ4v) is 6.81. The van der Waals surface area contributed by atoms with Gasteiger partial charge < -0.3 is 39.4 Å². The summed E-state index contributed by atoms with van der Waals surface area (Å²) in [5, 5.41) is 40.1. The van der Waals surface area contributed by atoms with E-state index in [4.69, 9.17) is 18.9 Å². The second-order valence-corrected chi connectivity index (χ2v) is 15.8. The largest absolute Gasteiger partial charge is 0.457 e. The predicted octanol–water partition coefficient (Wildman–Crippen LogP) is 10.7. The van der Waals surface area contributed by atoms with E-state index in [0.29, 0.717) is 13.0 Å². The van der Waals surface area contributed by atoms with E-state index in [0.717, 1.165) is 70.6 Å². The fraction of sp³-hybridized carbons (Fsp3) is 0.776. The van der Waals surface area contributed by atoms with Crippen LogP contribution in [0.15, 0.2) is 60.8 Å². The van der Waals surface area contributed by atoms with Crippen LogP contribution in [0.2, 0.25) is 0 Å². The van der Waals surface area contributed by atoms with E-state index in [1.165, 1.54) is 89.9 Å². The van der Waals surface area contributed by atoms with Gasteiger partial charge in [0.1, 0.15) is 30.5 Å². The molecule has 336 valence electrons. The summed E-state index contributed by atoms with van der Waals surface area (Å²) in [4.78, 5) is 12.8. The first-order valence-corrected chi connectivity index (χ1v) is 23.4. The molecule has 1 aliphatic heterocycles. The molecule has 9 nitrogen and oxygen atoms in total. The number of rotatable bonds is 39. The smallest absolute Gasteiger partial charge is 0.306 e. The number of ether oxygens (including phenoxy) is 4. The normalized spacial score (nSPS) is 20.8. The van der Waals surface area contributed by atoms with Crippen molar-refractivity contribution in [2.45, 2.75) is 218 Å². The Kier molecular flexibility index (Phi) is 37.5. The molecule has 9 heteroatoms. The van der Waals surface area contributed by atoms with Crippen LogP contribution in [0.5, 0.6) is 0 Å². The lowest BCUT2D eigenvalue weighted by atomic mass is 9.99. The highest BCUT2D eigenvalue weighted by molar-refractivity contribution is 5.69. The first kappa shape index (κ1) is 53.9. The molecule has 0 bridgehead atoms. The molecule has 6 atom stereocenters. The van der Waals surface area contributed by atoms with Crippen LogP contribution in [0, 0.1) is 0 Å². The Morgan fingerprint density at radius 1 is 0.569 bits per heavy atom. The fourth-order valence-electron chi connectivity index (χ4n) is 6.81. The number of allylic oxidation sites excluding steroid dienone is 10. The van der Waals surface area contributed by atoms with Crippen LogP contribution in [0.3, 0.4) is 0 Å². The molecule has 0 aliphatic carbocycles. The highest BCUT2D eigenvalue weighted by Crippen LogP contribution is 2.22. The average Bonchev–Trinajstić information content (AvgIpc) is 3.22. The summed E-state index contributed by atoms with van der Waals surface area (Å²) in [6, 6.07) is 0. The molecule has 0 aromatic rings. The van der Waals surface area contributed by atoms with E-state index in [-0.39, 0.29) is 19.2 Å². The Labute approximate surface area is 354 Å². The molecular weight excluding hydrogens is 733 g/mol. The van der Waals surface area contributed by atoms with Crippen molar-refractivity contribution in [3.8, 4) is 0 Å². The van der Waals surface area contributed by atoms with Crippen molar-refractivity contribution >= 4 is 5.97 Å². The summed E-state index contributed by atoms with van der Waals surface area (Å²) in [5.41, 5.74) is 0. The lowest BCUT2D eigenvalue weighted by molar-refractivity contribution is -0.305. The molecular formula is C49H86O9. The third-order valence-electron chi connectivity index (χ3n) is 10.4. The summed E-state index contributed by atoms with van der Waals surface area (Å²) in [6.07, 6.45) is 43.9. The summed E-state index contributed by atoms with van der Waals surface area (Å²) < 4.78 is 22.8. The quantitative estimate of drug-likeness (QED) is 0.0272. The Hall–Kier alpha value is -2.11. The molecule has 0 saturated carbocycles. The Morgan fingerprint density at radius 2 is 1.05 bits per heavy atom. The van der Waals surface area contributed by atoms with Crippen LogP contribution in [-0.2, 0) is 23.7 Å². The van der Waals surface area contributed by atoms with Crippen molar-refractivity contribution in [1.29, 1.82) is 0 Å². The van der Waals surface area contributed by atoms with E-state index in [1.807, 2.05) is 0 Å². The van der Waals surface area contributed by atoms with Gasteiger partial charge in [-0.1, -0.05) is 177 Å². The van der Waals surface area contributed by atoms with Gasteiger partial charge in [0.2, 0.25) is 0 Å². The van der Waals surface area contributed by atoms with Gasteiger partial charge in [-0.2, -0.15) is 0 Å². The summed E-state index contributed by atoms with van der Waals surface area (Å²) in [7, 11) is 0. The van der Waals surface area contributed by atoms with E-state index in [1.54, 1.807) is 0 Å². The minimum atomic E-state index is -1.54. The Balaban J connectivity index is 2.19. The van der Waals surface area contributed by atoms with Crippen molar-refractivity contribution in [3.05, 3.63) is 60.8 Å². The van der Waals surface area contributed by atoms with Crippen molar-refractivity contribution in [3.63, 3.8) is 0 Å². The van der Waals surface area contributed by atoms with Gasteiger partial charge in [-0.3, -0.25) is 4.79 Å². The predicted molar refractivity (Wildman–Crippen MR) is 238 cm³/mol. The Morgan fingerprint density at radius 3 is 1.59 bits per heavy atom. The lowest BCUT2D eigenvalue weighted by Crippen LogP contribution is -2.59. The molecule has 1 aliphatic rings. The highest BCUT2D eigenvalue weighted by atomic mass is 16.7. The number of esters is 1. The molecule has 1 fully saturated rings. The van der Waals surface area contributed by atoms with Gasteiger partial charge in [-0.25, -0.2) is 0 Å². The molecule has 0 spiro atoms. The number of aliphatic hydroxyl groups is 4. The van der Waals surface area contributed by atoms with Crippen LogP contribution in [0.25, 0.3) is 0 Å². The first-order valence-electron chi connectivity index (χ1n) is 23.4. The monoisotopic (exact) mass is 819 g/mol. The maximum absolute atomic E-state index is 12.8. The summed E-state index contributed by atoms with van der Waals surface area (Å²) in [6.45, 7) is 4.43. The second kappa shape index (κ2) is 40.3. The van der Waals surface area contributed by atoms with Gasteiger partial charge >= 0.3 is 5.97 Å². The van der Waals surface area contributed by atoms with Crippen LogP contribution >= 0.6 is 0 Å². The van der Waals surface area contributed by atoms with Crippen LogP contribution in [0.1, 0.15) is 181 Å². The third-order valence-corrected chi connectivity index (χ3v) is 10.4. The average molecular weight is 819 g/mol. The van der Waals surface area contributed by atoms with E-state index in [9.17, 15) is 25.2 Å². The van der Waals surface area contributed by atoms with Gasteiger partial charge in [-0.05, 0) is 57.8 Å². The van der Waals surface area contributed by atoms with E-state index in [2.05, 4.69) is 74.6 Å². The van der Waals surface area contributed by atoms with Gasteiger partial charge in [0, 0.05) is 13.0 Å². The minimum absolute atomic E-state index is 0.116. The molecule has 0 amide bonds. The van der Waals surface area contributed by atoms with E-state index >= 15 is 0 Å². The standard InChI is InChI=1S/C49H86O9/c1-3-5-7-9-11-13-15-16-17-18-19-20-21-22-23-24-25-26-27-28-29-30-32-34-36-38-45(51)57-43(41-55-39-37-35-33-31-14-12-10-8-6-4-2)42-56-49-48(54)47(53)46(52)44(40-50)58-49/h5,7,11,13,16-17,19-20,22-23,43-44,46-50,52-54H,3-4,6,8-10,12,14-15,18,21,24-42H2,1-2H3/b7-5-,13-11-,17-16-,20-19-,23-22-. The van der Waals surface area contributed by atoms with E-state index < -0.39 is 43.4 Å². The molecule has 1 rings (SSSR count). The van der Waals surface area contributed by atoms with Crippen molar-refractivity contribution in [2.75, 3.05) is 26.4 Å². The van der Waals surface area contributed by atoms with Gasteiger partial charge in [0.05, 0.1) is 19.8 Å². The number of aliphatic hydroxyl groups excluding tert-OH is 4. The van der Waals surface area contributed by atoms with Crippen LogP contribution in [-0.4, -0.2) is 89.6 Å². The van der Waals surface area contributed by atoms with Crippen molar-refractivity contribution < 1.29 is 44.2 Å². The maximum atomic E-state index is 12.8. The number of carbonyl (C=O) groups excluding carboxylic acids is 1. The zero-order valence-electron chi connectivity index (χ0n) is 36.8. The molecule has 4 N–H and O–H groups in total. The van der Waals surface area contributed by atoms with Gasteiger partial charge in [0.15, 0.2) is 6.29 Å². The topological polar surface area (TPSA) is 135 Å². The molecule has 0 aromatic heterocycles. The van der Waals surface area contributed by atoms with Crippen molar-refractivity contribution in [2.24, 2.45) is 0 Å². The van der Waals surface area contributed by atoms with Crippen LogP contribution < -0.4 is 0 Å². The highest BCUT2D eigenvalue weighted by Gasteiger charge is 2.44. The number of hydrogen-bond donors (Lipinski definition) is 4. The summed E-state index contributed by atoms with van der Waals surface area (Å²) in [5.74, 6) is -0.322. The molecule has 0 aromatic carbocycles. The molecule has 6 unspecified atom stereocenters. The molecule has 0 radical (unpaired) electrons. The maximum Gasteiger partial charge on any atom is 0.306 e. The SMILES string of the molecule is CC/C=C\C/C=C\C/C=C\C/C=C\C/C=C\CCCCCCCCCCCC(=O)OC(COCCCCCCCCCCCC)COC1OC(CO)C(O)C(O)C1O. The first-order chi connectivity index (χ1) is 28.4. The second-order valence-electron chi connectivity index (χ2n) is 15.8. The molecule has 1 saturated heterocycles. The lowest BCUT2D eigenvalue weighted by Gasteiger charge is -2.39. The minimum Gasteiger partial charge on any atom is -0.457 e. The zero-order valence-corrected chi connectivity index (χ0v) is 36.8. The number of unbranched alkanes of at least 4 members (excludes halogenated alkanes) is 18. The third kappa shape index (κ3) is 30.9. The number of carbonyl (C=O) groups is 1. The van der Waals surface area contributed by atoms with Gasteiger partial charge in [-0.15, -0.1) is 0 Å². The summed E-state index contributed by atoms with van der Waals surface area (Å²) >= 11 is 0. The van der Waals surface area contributed by atoms with Gasteiger partial charge in [0.25, 0.3) is 0 Å². The molecule has 1 heterocycles. The molecule has 58 heavy (non-hydrogen) atoms. The van der Waals surface area contributed by atoms with Crippen LogP contribution in [0.4, 0.5) is 0 Å². The van der Waals surface area contributed by atoms with Crippen molar-refractivity contribution in [1.82, 2.24) is 0 Å².